The molecule has 19 heavy (non-hydrogen) atoms. The van der Waals surface area contributed by atoms with Gasteiger partial charge < -0.3 is 10.6 Å². The Kier molecular flexibility index (Phi) is 3.25. The number of amides is 2. The molecular weight excluding hydrogens is 260 g/mol. The highest BCUT2D eigenvalue weighted by atomic mass is 32.1. The number of nitrogens with zero attached hydrogens (tertiary/aromatic N) is 2. The van der Waals surface area contributed by atoms with E-state index in [1.54, 1.807) is 0 Å². The van der Waals surface area contributed by atoms with Crippen LogP contribution in [0.25, 0.3) is 10.2 Å². The van der Waals surface area contributed by atoms with Gasteiger partial charge in [0.05, 0.1) is 10.2 Å². The third-order valence-corrected chi connectivity index (χ3v) is 4.20. The lowest BCUT2D eigenvalue weighted by Crippen LogP contribution is -2.38. The lowest BCUT2D eigenvalue weighted by molar-refractivity contribution is 0.200. The summed E-state index contributed by atoms with van der Waals surface area (Å²) < 4.78 is 0.994. The zero-order chi connectivity index (χ0) is 13.2. The van der Waals surface area contributed by atoms with Gasteiger partial charge in [-0.2, -0.15) is 0 Å². The Bertz CT molecular complexity index is 604. The van der Waals surface area contributed by atoms with Crippen LogP contribution in [0, 0.1) is 0 Å². The van der Waals surface area contributed by atoms with Gasteiger partial charge >= 0.3 is 6.03 Å². The van der Waals surface area contributed by atoms with Gasteiger partial charge in [0.15, 0.2) is 5.13 Å². The predicted molar refractivity (Wildman–Crippen MR) is 78.5 cm³/mol. The first-order valence-corrected chi connectivity index (χ1v) is 7.26. The maximum atomic E-state index is 12.1. The van der Waals surface area contributed by atoms with Gasteiger partial charge in [0.1, 0.15) is 0 Å². The van der Waals surface area contributed by atoms with Crippen molar-refractivity contribution in [3.8, 4) is 0 Å². The average Bonchev–Trinajstić information content (AvgIpc) is 2.81. The van der Waals surface area contributed by atoms with E-state index in [1.807, 2.05) is 23.1 Å². The zero-order valence-corrected chi connectivity index (χ0v) is 11.4. The van der Waals surface area contributed by atoms with Gasteiger partial charge in [0.2, 0.25) is 0 Å². The molecule has 0 bridgehead atoms. The van der Waals surface area contributed by atoms with Crippen molar-refractivity contribution < 1.29 is 4.79 Å². The van der Waals surface area contributed by atoms with E-state index in [4.69, 9.17) is 5.73 Å². The van der Waals surface area contributed by atoms with Crippen LogP contribution in [-0.2, 0) is 0 Å². The summed E-state index contributed by atoms with van der Waals surface area (Å²) in [5, 5.41) is 3.51. The van der Waals surface area contributed by atoms with Gasteiger partial charge in [-0.15, -0.1) is 0 Å². The van der Waals surface area contributed by atoms with Crippen LogP contribution in [0.5, 0.6) is 0 Å². The Labute approximate surface area is 115 Å². The molecule has 0 aliphatic carbocycles. The Hall–Kier alpha value is -1.82. The van der Waals surface area contributed by atoms with Gasteiger partial charge in [0.25, 0.3) is 0 Å². The van der Waals surface area contributed by atoms with Crippen LogP contribution in [0.4, 0.5) is 15.6 Å². The van der Waals surface area contributed by atoms with Gasteiger partial charge in [-0.1, -0.05) is 11.3 Å². The number of nitrogens with two attached hydrogens (primary N) is 1. The zero-order valence-electron chi connectivity index (χ0n) is 10.6. The van der Waals surface area contributed by atoms with Crippen molar-refractivity contribution in [3.63, 3.8) is 0 Å². The molecule has 1 aliphatic rings. The van der Waals surface area contributed by atoms with Crippen molar-refractivity contribution in [2.24, 2.45) is 0 Å². The smallest absolute Gasteiger partial charge is 0.323 e. The second kappa shape index (κ2) is 5.05. The summed E-state index contributed by atoms with van der Waals surface area (Å²) in [6.45, 7) is 1.67. The van der Waals surface area contributed by atoms with Crippen LogP contribution in [0.1, 0.15) is 19.3 Å². The first-order valence-electron chi connectivity index (χ1n) is 6.44. The van der Waals surface area contributed by atoms with Crippen LogP contribution in [-0.4, -0.2) is 29.0 Å². The van der Waals surface area contributed by atoms with Crippen LogP contribution < -0.4 is 11.1 Å². The minimum absolute atomic E-state index is 0.0493. The molecule has 0 unspecified atom stereocenters. The van der Waals surface area contributed by atoms with Crippen LogP contribution in [0.15, 0.2) is 18.2 Å². The number of carbonyl (C=O) groups is 1. The van der Waals surface area contributed by atoms with E-state index in [-0.39, 0.29) is 6.03 Å². The molecular formula is C13H16N4OS. The van der Waals surface area contributed by atoms with E-state index in [1.165, 1.54) is 17.8 Å². The first-order chi connectivity index (χ1) is 9.22. The molecule has 1 saturated heterocycles. The molecule has 1 aliphatic heterocycles. The second-order valence-electron chi connectivity index (χ2n) is 4.72. The summed E-state index contributed by atoms with van der Waals surface area (Å²) >= 11 is 1.45. The van der Waals surface area contributed by atoms with E-state index in [0.29, 0.717) is 10.8 Å². The summed E-state index contributed by atoms with van der Waals surface area (Å²) in [5.41, 5.74) is 7.32. The Morgan fingerprint density at radius 3 is 2.89 bits per heavy atom. The van der Waals surface area contributed by atoms with Gasteiger partial charge in [0, 0.05) is 18.8 Å². The summed E-state index contributed by atoms with van der Waals surface area (Å²) in [7, 11) is 0. The van der Waals surface area contributed by atoms with Gasteiger partial charge in [-0.3, -0.25) is 5.32 Å². The quantitative estimate of drug-likeness (QED) is 0.787. The number of carbonyl (C=O) groups excluding carboxylic acids is 1. The SMILES string of the molecule is Nc1ccc2nc(NC(=O)N3CCCCC3)sc2c1. The maximum absolute atomic E-state index is 12.1. The number of piperidine rings is 1. The van der Waals surface area contributed by atoms with Crippen molar-refractivity contribution >= 4 is 38.4 Å². The number of rotatable bonds is 1. The van der Waals surface area contributed by atoms with Crippen LogP contribution in [0.3, 0.4) is 0 Å². The molecule has 1 aromatic carbocycles. The molecule has 1 aromatic heterocycles. The third-order valence-electron chi connectivity index (χ3n) is 3.27. The van der Waals surface area contributed by atoms with E-state index in [9.17, 15) is 4.79 Å². The van der Waals surface area contributed by atoms with Crippen molar-refractivity contribution in [1.82, 2.24) is 9.88 Å². The van der Waals surface area contributed by atoms with Crippen molar-refractivity contribution in [1.29, 1.82) is 0 Å². The molecule has 0 spiro atoms. The third kappa shape index (κ3) is 2.63. The molecule has 0 atom stereocenters. The number of urea groups is 1. The molecule has 3 N–H and O–H groups in total. The van der Waals surface area contributed by atoms with Crippen molar-refractivity contribution in [3.05, 3.63) is 18.2 Å². The van der Waals surface area contributed by atoms with Crippen molar-refractivity contribution in [2.75, 3.05) is 24.1 Å². The Balaban J connectivity index is 1.75. The number of likely N-dealkylation sites (tertiary alicyclic amines) is 1. The van der Waals surface area contributed by atoms with E-state index in [0.717, 1.165) is 36.1 Å². The number of benzene rings is 1. The predicted octanol–water partition coefficient (Wildman–Crippen LogP) is 2.90. The van der Waals surface area contributed by atoms with Crippen molar-refractivity contribution in [2.45, 2.75) is 19.3 Å². The Morgan fingerprint density at radius 1 is 1.32 bits per heavy atom. The number of thiazole rings is 1. The summed E-state index contributed by atoms with van der Waals surface area (Å²) in [4.78, 5) is 18.3. The number of anilines is 2. The summed E-state index contributed by atoms with van der Waals surface area (Å²) in [6.07, 6.45) is 3.39. The van der Waals surface area contributed by atoms with E-state index < -0.39 is 0 Å². The molecule has 6 heteroatoms. The minimum Gasteiger partial charge on any atom is -0.399 e. The Morgan fingerprint density at radius 2 is 2.11 bits per heavy atom. The molecule has 0 radical (unpaired) electrons. The van der Waals surface area contributed by atoms with Crippen LogP contribution in [0.2, 0.25) is 0 Å². The number of nitrogen functional groups attached to an aromatic ring is 1. The lowest BCUT2D eigenvalue weighted by Gasteiger charge is -2.26. The molecule has 100 valence electrons. The monoisotopic (exact) mass is 276 g/mol. The molecule has 3 rings (SSSR count). The number of aromatic nitrogens is 1. The van der Waals surface area contributed by atoms with E-state index >= 15 is 0 Å². The second-order valence-corrected chi connectivity index (χ2v) is 5.75. The van der Waals surface area contributed by atoms with Gasteiger partial charge in [-0.25, -0.2) is 9.78 Å². The summed E-state index contributed by atoms with van der Waals surface area (Å²) in [5.74, 6) is 0. The standard InChI is InChI=1S/C13H16N4OS/c14-9-4-5-10-11(8-9)19-12(15-10)16-13(18)17-6-2-1-3-7-17/h4-5,8H,1-3,6-7,14H2,(H,15,16,18). The number of fused-ring (bicyclic) bond motifs is 1. The number of hydrogen-bond donors (Lipinski definition) is 2. The van der Waals surface area contributed by atoms with Crippen LogP contribution >= 0.6 is 11.3 Å². The number of hydrogen-bond acceptors (Lipinski definition) is 4. The highest BCUT2D eigenvalue weighted by Crippen LogP contribution is 2.27. The average molecular weight is 276 g/mol. The topological polar surface area (TPSA) is 71.2 Å². The van der Waals surface area contributed by atoms with Gasteiger partial charge in [-0.05, 0) is 37.5 Å². The molecule has 1 fully saturated rings. The maximum Gasteiger partial charge on any atom is 0.323 e. The highest BCUT2D eigenvalue weighted by Gasteiger charge is 2.17. The molecule has 5 nitrogen and oxygen atoms in total. The molecule has 2 amide bonds. The minimum atomic E-state index is -0.0493. The highest BCUT2D eigenvalue weighted by molar-refractivity contribution is 7.22. The lowest BCUT2D eigenvalue weighted by atomic mass is 10.1. The first kappa shape index (κ1) is 12.2. The fourth-order valence-corrected chi connectivity index (χ4v) is 3.17. The fourth-order valence-electron chi connectivity index (χ4n) is 2.26. The molecule has 0 saturated carbocycles. The summed E-state index contributed by atoms with van der Waals surface area (Å²) in [6, 6.07) is 5.52. The largest absolute Gasteiger partial charge is 0.399 e. The normalized spacial score (nSPS) is 15.7. The molecule has 2 aromatic rings. The fraction of sp³-hybridized carbons (Fsp3) is 0.385. The van der Waals surface area contributed by atoms with E-state index in [2.05, 4.69) is 10.3 Å². The molecule has 2 heterocycles. The number of nitrogens with one attached hydrogen (secondary N) is 1.